The number of hydrogen-bond donors (Lipinski definition) is 0. The van der Waals surface area contributed by atoms with Crippen LogP contribution in [0.15, 0.2) is 24.3 Å². The Kier molecular flexibility index (Phi) is 5.17. The second-order valence-electron chi connectivity index (χ2n) is 3.61. The van der Waals surface area contributed by atoms with Gasteiger partial charge in [-0.2, -0.15) is 0 Å². The normalized spacial score (nSPS) is 9.72. The highest BCUT2D eigenvalue weighted by Gasteiger charge is 2.18. The highest BCUT2D eigenvalue weighted by atomic mass is 16.5. The second kappa shape index (κ2) is 6.64. The molecule has 0 aliphatic carbocycles. The summed E-state index contributed by atoms with van der Waals surface area (Å²) in [7, 11) is 3.13. The van der Waals surface area contributed by atoms with E-state index in [4.69, 9.17) is 9.47 Å². The highest BCUT2D eigenvalue weighted by Crippen LogP contribution is 2.26. The average Bonchev–Trinajstić information content (AvgIpc) is 2.38. The van der Waals surface area contributed by atoms with Crippen molar-refractivity contribution in [1.29, 1.82) is 0 Å². The number of amides is 1. The van der Waals surface area contributed by atoms with Crippen molar-refractivity contribution < 1.29 is 19.1 Å². The van der Waals surface area contributed by atoms with Gasteiger partial charge in [-0.1, -0.05) is 12.1 Å². The summed E-state index contributed by atoms with van der Waals surface area (Å²) in [6.45, 7) is 1.97. The number of ether oxygens (including phenoxy) is 2. The molecule has 0 N–H and O–H groups in total. The van der Waals surface area contributed by atoms with E-state index in [-0.39, 0.29) is 18.9 Å². The minimum absolute atomic E-state index is 0.268. The topological polar surface area (TPSA) is 55.8 Å². The number of carbonyl (C=O) groups is 2. The second-order valence-corrected chi connectivity index (χ2v) is 3.61. The molecule has 0 bridgehead atoms. The van der Waals surface area contributed by atoms with Crippen molar-refractivity contribution in [3.8, 4) is 5.75 Å². The number of hydrogen-bond acceptors (Lipinski definition) is 4. The van der Waals surface area contributed by atoms with Crippen molar-refractivity contribution in [2.45, 2.75) is 13.3 Å². The van der Waals surface area contributed by atoms with E-state index in [1.165, 1.54) is 12.0 Å². The standard InChI is InChI=1S/C13H17NO4/c1-4-18-13(16)9-12(15)14(2)10-7-5-6-8-11(10)17-3/h5-8H,4,9H2,1-3H3. The van der Waals surface area contributed by atoms with Gasteiger partial charge in [-0.05, 0) is 19.1 Å². The molecule has 0 heterocycles. The molecule has 0 aliphatic rings. The molecule has 5 heteroatoms. The molecule has 0 atom stereocenters. The molecule has 1 rings (SSSR count). The molecule has 0 saturated heterocycles. The molecule has 1 amide bonds. The summed E-state index contributed by atoms with van der Waals surface area (Å²) in [4.78, 5) is 24.5. The fraction of sp³-hybridized carbons (Fsp3) is 0.385. The van der Waals surface area contributed by atoms with E-state index in [9.17, 15) is 9.59 Å². The van der Waals surface area contributed by atoms with Crippen molar-refractivity contribution in [2.24, 2.45) is 0 Å². The summed E-state index contributed by atoms with van der Waals surface area (Å²) in [5, 5.41) is 0. The Balaban J connectivity index is 2.77. The van der Waals surface area contributed by atoms with Gasteiger partial charge in [-0.15, -0.1) is 0 Å². The molecule has 0 saturated carbocycles. The van der Waals surface area contributed by atoms with Gasteiger partial charge in [-0.25, -0.2) is 0 Å². The molecule has 18 heavy (non-hydrogen) atoms. The van der Waals surface area contributed by atoms with Crippen LogP contribution >= 0.6 is 0 Å². The van der Waals surface area contributed by atoms with Crippen LogP contribution in [0, 0.1) is 0 Å². The van der Waals surface area contributed by atoms with Crippen LogP contribution < -0.4 is 9.64 Å². The quantitative estimate of drug-likeness (QED) is 0.589. The Morgan fingerprint density at radius 1 is 1.28 bits per heavy atom. The van der Waals surface area contributed by atoms with Crippen LogP contribution in [0.5, 0.6) is 5.75 Å². The molecule has 0 spiro atoms. The molecule has 0 unspecified atom stereocenters. The predicted octanol–water partition coefficient (Wildman–Crippen LogP) is 1.61. The van der Waals surface area contributed by atoms with Crippen molar-refractivity contribution in [3.05, 3.63) is 24.3 Å². The summed E-state index contributed by atoms with van der Waals surface area (Å²) >= 11 is 0. The van der Waals surface area contributed by atoms with Crippen LogP contribution in [0.25, 0.3) is 0 Å². The molecule has 1 aromatic rings. The van der Waals surface area contributed by atoms with Gasteiger partial charge >= 0.3 is 5.97 Å². The fourth-order valence-corrected chi connectivity index (χ4v) is 1.50. The molecule has 1 aromatic carbocycles. The fourth-order valence-electron chi connectivity index (χ4n) is 1.50. The zero-order valence-electron chi connectivity index (χ0n) is 10.8. The lowest BCUT2D eigenvalue weighted by Gasteiger charge is -2.19. The average molecular weight is 251 g/mol. The third-order valence-electron chi connectivity index (χ3n) is 2.42. The minimum Gasteiger partial charge on any atom is -0.495 e. The van der Waals surface area contributed by atoms with Crippen molar-refractivity contribution in [2.75, 3.05) is 25.7 Å². The number of anilines is 1. The summed E-state index contributed by atoms with van der Waals surface area (Å²) < 4.78 is 9.90. The van der Waals surface area contributed by atoms with Gasteiger partial charge in [0.15, 0.2) is 0 Å². The Morgan fingerprint density at radius 2 is 1.94 bits per heavy atom. The lowest BCUT2D eigenvalue weighted by Crippen LogP contribution is -2.29. The van der Waals surface area contributed by atoms with E-state index in [0.717, 1.165) is 0 Å². The molecular weight excluding hydrogens is 234 g/mol. The Hall–Kier alpha value is -2.04. The Morgan fingerprint density at radius 3 is 2.56 bits per heavy atom. The zero-order chi connectivity index (χ0) is 13.5. The third kappa shape index (κ3) is 3.48. The van der Waals surface area contributed by atoms with Crippen LogP contribution in [0.4, 0.5) is 5.69 Å². The summed E-state index contributed by atoms with van der Waals surface area (Å²) in [5.41, 5.74) is 0.620. The molecule has 5 nitrogen and oxygen atoms in total. The lowest BCUT2D eigenvalue weighted by molar-refractivity contribution is -0.145. The summed E-state index contributed by atoms with van der Waals surface area (Å²) in [6.07, 6.45) is -0.275. The largest absolute Gasteiger partial charge is 0.495 e. The van der Waals surface area contributed by atoms with Crippen LogP contribution in [-0.2, 0) is 14.3 Å². The Bertz CT molecular complexity index is 431. The van der Waals surface area contributed by atoms with Crippen LogP contribution in [0.2, 0.25) is 0 Å². The number of benzene rings is 1. The molecular formula is C13H17NO4. The van der Waals surface area contributed by atoms with Crippen LogP contribution in [-0.4, -0.2) is 32.6 Å². The summed E-state index contributed by atoms with van der Waals surface area (Å²) in [6, 6.07) is 7.11. The van der Waals surface area contributed by atoms with Gasteiger partial charge in [0.05, 0.1) is 19.4 Å². The van der Waals surface area contributed by atoms with Crippen LogP contribution in [0.3, 0.4) is 0 Å². The summed E-state index contributed by atoms with van der Waals surface area (Å²) in [5.74, 6) is -0.278. The number of rotatable bonds is 5. The number of esters is 1. The van der Waals surface area contributed by atoms with E-state index < -0.39 is 5.97 Å². The van der Waals surface area contributed by atoms with Gasteiger partial charge in [0.1, 0.15) is 12.2 Å². The first-order valence-corrected chi connectivity index (χ1v) is 5.65. The van der Waals surface area contributed by atoms with E-state index >= 15 is 0 Å². The lowest BCUT2D eigenvalue weighted by atomic mass is 10.2. The van der Waals surface area contributed by atoms with E-state index in [1.807, 2.05) is 6.07 Å². The third-order valence-corrected chi connectivity index (χ3v) is 2.42. The van der Waals surface area contributed by atoms with Crippen molar-refractivity contribution in [1.82, 2.24) is 0 Å². The SMILES string of the molecule is CCOC(=O)CC(=O)N(C)c1ccccc1OC. The number of para-hydroxylation sites is 2. The van der Waals surface area contributed by atoms with Crippen molar-refractivity contribution in [3.63, 3.8) is 0 Å². The van der Waals surface area contributed by atoms with E-state index in [2.05, 4.69) is 0 Å². The van der Waals surface area contributed by atoms with Gasteiger partial charge < -0.3 is 14.4 Å². The molecule has 0 radical (unpaired) electrons. The highest BCUT2D eigenvalue weighted by molar-refractivity contribution is 6.03. The molecule has 0 fully saturated rings. The maximum Gasteiger partial charge on any atom is 0.315 e. The van der Waals surface area contributed by atoms with Crippen molar-refractivity contribution >= 4 is 17.6 Å². The minimum atomic E-state index is -0.524. The van der Waals surface area contributed by atoms with E-state index in [0.29, 0.717) is 11.4 Å². The smallest absolute Gasteiger partial charge is 0.315 e. The van der Waals surface area contributed by atoms with Crippen LogP contribution in [0.1, 0.15) is 13.3 Å². The number of carbonyl (C=O) groups excluding carboxylic acids is 2. The van der Waals surface area contributed by atoms with Gasteiger partial charge in [0, 0.05) is 7.05 Å². The van der Waals surface area contributed by atoms with E-state index in [1.54, 1.807) is 32.2 Å². The maximum atomic E-state index is 11.9. The number of nitrogens with zero attached hydrogens (tertiary/aromatic N) is 1. The van der Waals surface area contributed by atoms with Gasteiger partial charge in [-0.3, -0.25) is 9.59 Å². The first-order chi connectivity index (χ1) is 8.60. The van der Waals surface area contributed by atoms with Gasteiger partial charge in [0.2, 0.25) is 5.91 Å². The molecule has 0 aromatic heterocycles. The Labute approximate surface area is 106 Å². The predicted molar refractivity (Wildman–Crippen MR) is 67.7 cm³/mol. The maximum absolute atomic E-state index is 11.9. The first kappa shape index (κ1) is 14.0. The van der Waals surface area contributed by atoms with Gasteiger partial charge in [0.25, 0.3) is 0 Å². The molecule has 98 valence electrons. The monoisotopic (exact) mass is 251 g/mol. The number of methoxy groups -OCH3 is 1. The zero-order valence-corrected chi connectivity index (χ0v) is 10.8. The first-order valence-electron chi connectivity index (χ1n) is 5.65. The molecule has 0 aliphatic heterocycles.